The van der Waals surface area contributed by atoms with Gasteiger partial charge in [0.1, 0.15) is 5.60 Å². The van der Waals surface area contributed by atoms with E-state index in [1.165, 1.54) is 13.5 Å². The van der Waals surface area contributed by atoms with Crippen molar-refractivity contribution in [3.8, 4) is 0 Å². The van der Waals surface area contributed by atoms with E-state index >= 15 is 0 Å². The van der Waals surface area contributed by atoms with Crippen LogP contribution in [0.15, 0.2) is 0 Å². The molecule has 23 heavy (non-hydrogen) atoms. The van der Waals surface area contributed by atoms with Gasteiger partial charge in [-0.2, -0.15) is 17.0 Å². The maximum atomic E-state index is 12.7. The number of amides is 1. The molecule has 9 heteroatoms. The Kier molecular flexibility index (Phi) is 6.42. The molecule has 1 aliphatic heterocycles. The summed E-state index contributed by atoms with van der Waals surface area (Å²) in [4.78, 5) is 13.7. The van der Waals surface area contributed by atoms with Gasteiger partial charge in [0.25, 0.3) is 10.2 Å². The fourth-order valence-corrected chi connectivity index (χ4v) is 3.96. The largest absolute Gasteiger partial charge is 0.444 e. The highest BCUT2D eigenvalue weighted by Gasteiger charge is 2.39. The third-order valence-corrected chi connectivity index (χ3v) is 5.96. The van der Waals surface area contributed by atoms with E-state index in [9.17, 15) is 13.2 Å². The van der Waals surface area contributed by atoms with E-state index in [4.69, 9.17) is 10.5 Å². The van der Waals surface area contributed by atoms with Crippen LogP contribution in [0.3, 0.4) is 0 Å². The minimum Gasteiger partial charge on any atom is -0.444 e. The molecule has 0 aliphatic carbocycles. The fraction of sp³-hybridized carbons (Fsp3) is 0.929. The van der Waals surface area contributed by atoms with Crippen LogP contribution in [0, 0.1) is 0 Å². The van der Waals surface area contributed by atoms with Crippen LogP contribution < -0.4 is 5.73 Å². The van der Waals surface area contributed by atoms with Crippen molar-refractivity contribution < 1.29 is 17.9 Å². The predicted octanol–water partition coefficient (Wildman–Crippen LogP) is 0.451. The number of nitrogens with zero attached hydrogens (tertiary/aromatic N) is 3. The average molecular weight is 350 g/mol. The van der Waals surface area contributed by atoms with Crippen molar-refractivity contribution in [2.75, 3.05) is 33.2 Å². The van der Waals surface area contributed by atoms with E-state index in [0.29, 0.717) is 0 Å². The molecule has 136 valence electrons. The van der Waals surface area contributed by atoms with Crippen LogP contribution in [0.2, 0.25) is 0 Å². The highest BCUT2D eigenvalue weighted by atomic mass is 32.2. The number of piperazine rings is 1. The number of rotatable bonds is 4. The molecular formula is C14H30N4O4S. The smallest absolute Gasteiger partial charge is 0.410 e. The van der Waals surface area contributed by atoms with Crippen molar-refractivity contribution in [3.63, 3.8) is 0 Å². The molecule has 0 bridgehead atoms. The molecule has 0 spiro atoms. The van der Waals surface area contributed by atoms with Gasteiger partial charge in [-0.1, -0.05) is 0 Å². The molecule has 0 aromatic heterocycles. The second kappa shape index (κ2) is 7.33. The Bertz CT molecular complexity index is 515. The number of nitrogens with two attached hydrogens (primary N) is 1. The molecule has 1 amide bonds. The SMILES string of the molecule is CC(C)N(C)S(=O)(=O)N1CCN(C(=O)OC(C)(C)C)CC1CN. The first-order chi connectivity index (χ1) is 10.4. The standard InChI is InChI=1S/C14H30N4O4S/c1-11(2)16(6)23(20,21)18-8-7-17(10-12(18)9-15)13(19)22-14(3,4)5/h11-12H,7-10,15H2,1-6H3. The van der Waals surface area contributed by atoms with Crippen molar-refractivity contribution in [2.45, 2.75) is 52.3 Å². The first-order valence-corrected chi connectivity index (χ1v) is 9.22. The minimum atomic E-state index is -3.60. The van der Waals surface area contributed by atoms with Gasteiger partial charge in [0.2, 0.25) is 0 Å². The van der Waals surface area contributed by atoms with Gasteiger partial charge in [-0.25, -0.2) is 4.79 Å². The van der Waals surface area contributed by atoms with Crippen molar-refractivity contribution in [1.82, 2.24) is 13.5 Å². The third kappa shape index (κ3) is 5.03. The van der Waals surface area contributed by atoms with Crippen LogP contribution in [0.5, 0.6) is 0 Å². The zero-order valence-corrected chi connectivity index (χ0v) is 15.8. The number of carbonyl (C=O) groups excluding carboxylic acids is 1. The van der Waals surface area contributed by atoms with Crippen molar-refractivity contribution >= 4 is 16.3 Å². The Balaban J connectivity index is 2.86. The Morgan fingerprint density at radius 2 is 1.91 bits per heavy atom. The molecule has 1 aliphatic rings. The molecule has 1 rings (SSSR count). The number of ether oxygens (including phenoxy) is 1. The van der Waals surface area contributed by atoms with Crippen LogP contribution in [0.4, 0.5) is 4.79 Å². The molecular weight excluding hydrogens is 320 g/mol. The number of carbonyl (C=O) groups is 1. The Morgan fingerprint density at radius 1 is 1.35 bits per heavy atom. The topological polar surface area (TPSA) is 96.2 Å². The van der Waals surface area contributed by atoms with Gasteiger partial charge in [-0.3, -0.25) is 0 Å². The van der Waals surface area contributed by atoms with E-state index in [1.807, 2.05) is 13.8 Å². The molecule has 1 heterocycles. The molecule has 2 N–H and O–H groups in total. The second-order valence-corrected chi connectivity index (χ2v) is 8.98. The zero-order valence-electron chi connectivity index (χ0n) is 14.9. The lowest BCUT2D eigenvalue weighted by atomic mass is 10.2. The minimum absolute atomic E-state index is 0.143. The second-order valence-electron chi connectivity index (χ2n) is 7.04. The summed E-state index contributed by atoms with van der Waals surface area (Å²) in [6, 6.07) is -0.607. The van der Waals surface area contributed by atoms with Gasteiger partial charge in [0.05, 0.1) is 6.04 Å². The van der Waals surface area contributed by atoms with E-state index in [0.717, 1.165) is 0 Å². The maximum Gasteiger partial charge on any atom is 0.410 e. The van der Waals surface area contributed by atoms with E-state index < -0.39 is 27.9 Å². The van der Waals surface area contributed by atoms with Crippen LogP contribution >= 0.6 is 0 Å². The van der Waals surface area contributed by atoms with Gasteiger partial charge < -0.3 is 15.4 Å². The fourth-order valence-electron chi connectivity index (χ4n) is 2.26. The number of hydrogen-bond acceptors (Lipinski definition) is 5. The Labute approximate surface area is 139 Å². The van der Waals surface area contributed by atoms with Crippen molar-refractivity contribution in [2.24, 2.45) is 5.73 Å². The summed E-state index contributed by atoms with van der Waals surface area (Å²) in [6.45, 7) is 9.88. The van der Waals surface area contributed by atoms with E-state index in [1.54, 1.807) is 27.8 Å². The van der Waals surface area contributed by atoms with E-state index in [-0.39, 0.29) is 32.2 Å². The average Bonchev–Trinajstić information content (AvgIpc) is 2.43. The first-order valence-electron chi connectivity index (χ1n) is 7.83. The summed E-state index contributed by atoms with van der Waals surface area (Å²) < 4.78 is 33.4. The maximum absolute atomic E-state index is 12.7. The van der Waals surface area contributed by atoms with Crippen LogP contribution in [-0.4, -0.2) is 78.9 Å². The van der Waals surface area contributed by atoms with Crippen LogP contribution in [0.25, 0.3) is 0 Å². The molecule has 1 saturated heterocycles. The summed E-state index contributed by atoms with van der Waals surface area (Å²) in [6.07, 6.45) is -0.440. The molecule has 1 atom stereocenters. The third-order valence-electron chi connectivity index (χ3n) is 3.74. The molecule has 0 radical (unpaired) electrons. The highest BCUT2D eigenvalue weighted by molar-refractivity contribution is 7.86. The van der Waals surface area contributed by atoms with Gasteiger partial charge in [0, 0.05) is 39.3 Å². The normalized spacial score (nSPS) is 21.1. The molecule has 1 fully saturated rings. The lowest BCUT2D eigenvalue weighted by molar-refractivity contribution is 0.0133. The number of hydrogen-bond donors (Lipinski definition) is 1. The van der Waals surface area contributed by atoms with Crippen LogP contribution in [0.1, 0.15) is 34.6 Å². The van der Waals surface area contributed by atoms with E-state index in [2.05, 4.69) is 0 Å². The summed E-state index contributed by atoms with van der Waals surface area (Å²) in [5.41, 5.74) is 5.17. The molecule has 8 nitrogen and oxygen atoms in total. The summed E-state index contributed by atoms with van der Waals surface area (Å²) >= 11 is 0. The quantitative estimate of drug-likeness (QED) is 0.794. The van der Waals surface area contributed by atoms with Gasteiger partial charge >= 0.3 is 6.09 Å². The summed E-state index contributed by atoms with van der Waals surface area (Å²) in [7, 11) is -2.05. The molecule has 1 unspecified atom stereocenters. The highest BCUT2D eigenvalue weighted by Crippen LogP contribution is 2.19. The Hall–Kier alpha value is -0.900. The molecule has 0 aromatic rings. The van der Waals surface area contributed by atoms with Gasteiger partial charge in [0.15, 0.2) is 0 Å². The van der Waals surface area contributed by atoms with Gasteiger partial charge in [-0.15, -0.1) is 0 Å². The first kappa shape index (κ1) is 20.1. The summed E-state index contributed by atoms with van der Waals surface area (Å²) in [5.74, 6) is 0. The zero-order chi connectivity index (χ0) is 18.0. The van der Waals surface area contributed by atoms with Gasteiger partial charge in [-0.05, 0) is 34.6 Å². The molecule has 0 aromatic carbocycles. The van der Waals surface area contributed by atoms with Crippen molar-refractivity contribution in [1.29, 1.82) is 0 Å². The van der Waals surface area contributed by atoms with Crippen molar-refractivity contribution in [3.05, 3.63) is 0 Å². The lowest BCUT2D eigenvalue weighted by Crippen LogP contribution is -2.61. The monoisotopic (exact) mass is 350 g/mol. The predicted molar refractivity (Wildman–Crippen MR) is 89.2 cm³/mol. The Morgan fingerprint density at radius 3 is 2.35 bits per heavy atom. The molecule has 0 saturated carbocycles. The van der Waals surface area contributed by atoms with Crippen LogP contribution in [-0.2, 0) is 14.9 Å². The summed E-state index contributed by atoms with van der Waals surface area (Å²) in [5, 5.41) is 0. The lowest BCUT2D eigenvalue weighted by Gasteiger charge is -2.42.